The van der Waals surface area contributed by atoms with Crippen molar-refractivity contribution < 1.29 is 23.9 Å². The number of nitrogens with one attached hydrogen (secondary N) is 3. The second-order valence-corrected chi connectivity index (χ2v) is 10.9. The summed E-state index contributed by atoms with van der Waals surface area (Å²) in [6, 6.07) is 5.64. The second kappa shape index (κ2) is 11.0. The standard InChI is InChI=1S/C28H37N5O5/c1-38-24-9-5-8-20-19(24)14-22(31-20)28(37)33-15-18(16-6-3-2-4-7-16)13-23(33)27(36)32-21(25(29)34)12-17-10-11-30-26(17)35/h5,8-9,14,16-18,21,23,31H,2-4,6-7,10-13,15H2,1H3,(H2,29,34)(H,30,35)(H,32,36)/t17-,18?,21-,23-/m0/s1. The minimum absolute atomic E-state index is 0.130. The highest BCUT2D eigenvalue weighted by Crippen LogP contribution is 2.38. The number of carbonyl (C=O) groups is 4. The number of rotatable bonds is 8. The molecule has 1 saturated carbocycles. The molecule has 3 aliphatic rings. The molecule has 5 N–H and O–H groups in total. The van der Waals surface area contributed by atoms with Gasteiger partial charge in [-0.25, -0.2) is 0 Å². The zero-order chi connectivity index (χ0) is 26.8. The lowest BCUT2D eigenvalue weighted by Crippen LogP contribution is -2.53. The molecule has 10 nitrogen and oxygen atoms in total. The first-order valence-electron chi connectivity index (χ1n) is 13.7. The van der Waals surface area contributed by atoms with Crippen LogP contribution in [0, 0.1) is 17.8 Å². The number of hydrogen-bond donors (Lipinski definition) is 4. The van der Waals surface area contributed by atoms with E-state index in [0.717, 1.165) is 23.7 Å². The van der Waals surface area contributed by atoms with Crippen LogP contribution in [0.1, 0.15) is 61.9 Å². The van der Waals surface area contributed by atoms with E-state index in [0.29, 0.717) is 43.3 Å². The molecule has 1 unspecified atom stereocenters. The topological polar surface area (TPSA) is 147 Å². The number of primary amides is 1. The van der Waals surface area contributed by atoms with Gasteiger partial charge in [-0.1, -0.05) is 38.2 Å². The summed E-state index contributed by atoms with van der Waals surface area (Å²) in [7, 11) is 1.59. The zero-order valence-corrected chi connectivity index (χ0v) is 21.8. The molecule has 3 fully saturated rings. The Morgan fingerprint density at radius 2 is 1.95 bits per heavy atom. The largest absolute Gasteiger partial charge is 0.496 e. The molecule has 0 spiro atoms. The van der Waals surface area contributed by atoms with Crippen LogP contribution < -0.4 is 21.1 Å². The Morgan fingerprint density at radius 3 is 2.63 bits per heavy atom. The number of H-pyrrole nitrogens is 1. The molecule has 1 aromatic heterocycles. The molecule has 10 heteroatoms. The smallest absolute Gasteiger partial charge is 0.270 e. The van der Waals surface area contributed by atoms with Gasteiger partial charge in [-0.3, -0.25) is 19.2 Å². The van der Waals surface area contributed by atoms with Gasteiger partial charge in [0.25, 0.3) is 5.91 Å². The number of carbonyl (C=O) groups excluding carboxylic acids is 4. The van der Waals surface area contributed by atoms with Crippen LogP contribution in [0.5, 0.6) is 5.75 Å². The normalized spacial score (nSPS) is 24.8. The average molecular weight is 524 g/mol. The minimum Gasteiger partial charge on any atom is -0.496 e. The number of benzene rings is 1. The van der Waals surface area contributed by atoms with Crippen molar-refractivity contribution in [3.8, 4) is 5.75 Å². The number of amides is 4. The number of ether oxygens (including phenoxy) is 1. The van der Waals surface area contributed by atoms with Gasteiger partial charge in [0.15, 0.2) is 0 Å². The van der Waals surface area contributed by atoms with Gasteiger partial charge < -0.3 is 31.0 Å². The van der Waals surface area contributed by atoms with Crippen LogP contribution >= 0.6 is 0 Å². The second-order valence-electron chi connectivity index (χ2n) is 10.9. The Kier molecular flexibility index (Phi) is 7.58. The van der Waals surface area contributed by atoms with Crippen LogP contribution in [-0.4, -0.2) is 65.8 Å². The molecule has 1 aliphatic carbocycles. The molecule has 5 rings (SSSR count). The molecule has 2 saturated heterocycles. The number of methoxy groups -OCH3 is 1. The highest BCUT2D eigenvalue weighted by Gasteiger charge is 2.44. The van der Waals surface area contributed by atoms with Crippen molar-refractivity contribution in [2.24, 2.45) is 23.5 Å². The maximum atomic E-state index is 13.8. The molecule has 4 atom stereocenters. The number of aromatic amines is 1. The van der Waals surface area contributed by atoms with Crippen LogP contribution in [-0.2, 0) is 14.4 Å². The number of nitrogens with zero attached hydrogens (tertiary/aromatic N) is 1. The lowest BCUT2D eigenvalue weighted by atomic mass is 9.79. The zero-order valence-electron chi connectivity index (χ0n) is 21.8. The highest BCUT2D eigenvalue weighted by atomic mass is 16.5. The third kappa shape index (κ3) is 5.21. The van der Waals surface area contributed by atoms with Gasteiger partial charge in [0.2, 0.25) is 17.7 Å². The lowest BCUT2D eigenvalue weighted by Gasteiger charge is -2.27. The van der Waals surface area contributed by atoms with Crippen LogP contribution in [0.25, 0.3) is 10.9 Å². The van der Waals surface area contributed by atoms with Gasteiger partial charge in [0, 0.05) is 29.9 Å². The summed E-state index contributed by atoms with van der Waals surface area (Å²) in [6.45, 7) is 1.03. The first-order chi connectivity index (χ1) is 18.4. The van der Waals surface area contributed by atoms with E-state index in [4.69, 9.17) is 10.5 Å². The van der Waals surface area contributed by atoms with E-state index in [1.807, 2.05) is 18.2 Å². The monoisotopic (exact) mass is 523 g/mol. The quantitative estimate of drug-likeness (QED) is 0.418. The Bertz CT molecular complexity index is 1220. The van der Waals surface area contributed by atoms with E-state index in [1.54, 1.807) is 18.1 Å². The molecular formula is C28H37N5O5. The Hall–Kier alpha value is -3.56. The Morgan fingerprint density at radius 1 is 1.16 bits per heavy atom. The predicted molar refractivity (Wildman–Crippen MR) is 141 cm³/mol. The number of nitrogens with two attached hydrogens (primary N) is 1. The molecule has 204 valence electrons. The van der Waals surface area contributed by atoms with E-state index < -0.39 is 23.9 Å². The van der Waals surface area contributed by atoms with Gasteiger partial charge in [-0.05, 0) is 49.3 Å². The van der Waals surface area contributed by atoms with Crippen molar-refractivity contribution >= 4 is 34.5 Å². The SMILES string of the molecule is COc1cccc2[nH]c(C(=O)N3CC(C4CCCCC4)C[C@H]3C(=O)N[C@@H](C[C@@H]3CCNC3=O)C(N)=O)cc12. The van der Waals surface area contributed by atoms with Gasteiger partial charge in [-0.2, -0.15) is 0 Å². The molecule has 38 heavy (non-hydrogen) atoms. The predicted octanol–water partition coefficient (Wildman–Crippen LogP) is 2.08. The third-order valence-corrected chi connectivity index (χ3v) is 8.63. The van der Waals surface area contributed by atoms with E-state index in [2.05, 4.69) is 15.6 Å². The maximum absolute atomic E-state index is 13.8. The van der Waals surface area contributed by atoms with Crippen molar-refractivity contribution in [1.29, 1.82) is 0 Å². The molecule has 3 heterocycles. The summed E-state index contributed by atoms with van der Waals surface area (Å²) in [5, 5.41) is 6.34. The summed E-state index contributed by atoms with van der Waals surface area (Å²) in [4.78, 5) is 56.6. The van der Waals surface area contributed by atoms with Crippen LogP contribution in [0.15, 0.2) is 24.3 Å². The first kappa shape index (κ1) is 26.1. The fraction of sp³-hybridized carbons (Fsp3) is 0.571. The van der Waals surface area contributed by atoms with E-state index in [9.17, 15) is 19.2 Å². The summed E-state index contributed by atoms with van der Waals surface area (Å²) in [6.07, 6.45) is 7.06. The van der Waals surface area contributed by atoms with Crippen LogP contribution in [0.2, 0.25) is 0 Å². The van der Waals surface area contributed by atoms with Crippen molar-refractivity contribution in [1.82, 2.24) is 20.5 Å². The highest BCUT2D eigenvalue weighted by molar-refractivity contribution is 6.02. The molecular weight excluding hydrogens is 486 g/mol. The molecule has 2 aromatic rings. The molecule has 0 radical (unpaired) electrons. The van der Waals surface area contributed by atoms with Gasteiger partial charge >= 0.3 is 0 Å². The van der Waals surface area contributed by atoms with Crippen molar-refractivity contribution in [3.63, 3.8) is 0 Å². The van der Waals surface area contributed by atoms with Gasteiger partial charge in [0.05, 0.1) is 7.11 Å². The van der Waals surface area contributed by atoms with E-state index in [1.165, 1.54) is 19.3 Å². The summed E-state index contributed by atoms with van der Waals surface area (Å²) in [5.74, 6) is -0.495. The number of aromatic nitrogens is 1. The fourth-order valence-electron chi connectivity index (χ4n) is 6.53. The lowest BCUT2D eigenvalue weighted by molar-refractivity contribution is -0.131. The molecule has 4 amide bonds. The summed E-state index contributed by atoms with van der Waals surface area (Å²) < 4.78 is 5.45. The minimum atomic E-state index is -0.973. The Labute approximate surface area is 222 Å². The van der Waals surface area contributed by atoms with Crippen LogP contribution in [0.4, 0.5) is 0 Å². The maximum Gasteiger partial charge on any atom is 0.270 e. The molecule has 1 aromatic carbocycles. The summed E-state index contributed by atoms with van der Waals surface area (Å²) in [5.41, 5.74) is 6.79. The molecule has 0 bridgehead atoms. The average Bonchev–Trinajstić information content (AvgIpc) is 3.66. The van der Waals surface area contributed by atoms with E-state index in [-0.39, 0.29) is 30.1 Å². The van der Waals surface area contributed by atoms with Crippen molar-refractivity contribution in [2.45, 2.75) is 63.5 Å². The number of fused-ring (bicyclic) bond motifs is 1. The van der Waals surface area contributed by atoms with Gasteiger partial charge in [-0.15, -0.1) is 0 Å². The van der Waals surface area contributed by atoms with Crippen molar-refractivity contribution in [2.75, 3.05) is 20.2 Å². The Balaban J connectivity index is 1.38. The fourth-order valence-corrected chi connectivity index (χ4v) is 6.53. The summed E-state index contributed by atoms with van der Waals surface area (Å²) >= 11 is 0. The molecule has 2 aliphatic heterocycles. The third-order valence-electron chi connectivity index (χ3n) is 8.63. The first-order valence-corrected chi connectivity index (χ1v) is 13.7. The van der Waals surface area contributed by atoms with E-state index >= 15 is 0 Å². The number of hydrogen-bond acceptors (Lipinski definition) is 5. The van der Waals surface area contributed by atoms with Crippen LogP contribution in [0.3, 0.4) is 0 Å². The van der Waals surface area contributed by atoms with Crippen molar-refractivity contribution in [3.05, 3.63) is 30.0 Å². The van der Waals surface area contributed by atoms with Gasteiger partial charge in [0.1, 0.15) is 23.5 Å². The number of likely N-dealkylation sites (tertiary alicyclic amines) is 1.